The van der Waals surface area contributed by atoms with Crippen molar-refractivity contribution in [2.24, 2.45) is 0 Å². The molecule has 0 radical (unpaired) electrons. The van der Waals surface area contributed by atoms with E-state index in [0.29, 0.717) is 22.0 Å². The van der Waals surface area contributed by atoms with Crippen LogP contribution < -0.4 is 15.4 Å². The molecule has 2 rings (SSSR count). The van der Waals surface area contributed by atoms with E-state index in [1.807, 2.05) is 13.8 Å². The van der Waals surface area contributed by atoms with Crippen LogP contribution in [0, 0.1) is 6.92 Å². The molecule has 1 aromatic heterocycles. The van der Waals surface area contributed by atoms with Gasteiger partial charge in [-0.25, -0.2) is 4.79 Å². The van der Waals surface area contributed by atoms with Crippen LogP contribution in [0.2, 0.25) is 0 Å². The van der Waals surface area contributed by atoms with Gasteiger partial charge in [0.15, 0.2) is 6.61 Å². The molecule has 0 atom stereocenters. The summed E-state index contributed by atoms with van der Waals surface area (Å²) < 4.78 is 10.3. The minimum Gasteiger partial charge on any atom is -0.495 e. The molecule has 2 aromatic rings. The van der Waals surface area contributed by atoms with Crippen LogP contribution in [0.3, 0.4) is 0 Å². The molecule has 0 spiro atoms. The van der Waals surface area contributed by atoms with E-state index in [4.69, 9.17) is 9.47 Å². The highest BCUT2D eigenvalue weighted by molar-refractivity contribution is 7.14. The Kier molecular flexibility index (Phi) is 6.95. The number of anilines is 2. The smallest absolute Gasteiger partial charge is 0.348 e. The summed E-state index contributed by atoms with van der Waals surface area (Å²) in [5.74, 6) is -0.850. The SMILES string of the molecule is CCc1sc(C(=O)OCC(=O)Nc2cc(NC(C)=O)ccc2OC)cc1C. The van der Waals surface area contributed by atoms with E-state index in [2.05, 4.69) is 10.6 Å². The Bertz CT molecular complexity index is 860. The van der Waals surface area contributed by atoms with Crippen molar-refractivity contribution in [3.8, 4) is 5.75 Å². The van der Waals surface area contributed by atoms with Crippen molar-refractivity contribution < 1.29 is 23.9 Å². The number of ether oxygens (including phenoxy) is 2. The fraction of sp³-hybridized carbons (Fsp3) is 0.316. The Labute approximate surface area is 161 Å². The van der Waals surface area contributed by atoms with Crippen LogP contribution in [0.1, 0.15) is 34.0 Å². The number of esters is 1. The molecule has 0 saturated heterocycles. The highest BCUT2D eigenvalue weighted by Crippen LogP contribution is 2.28. The summed E-state index contributed by atoms with van der Waals surface area (Å²) >= 11 is 1.37. The van der Waals surface area contributed by atoms with Crippen molar-refractivity contribution in [1.82, 2.24) is 0 Å². The number of methoxy groups -OCH3 is 1. The first-order valence-electron chi connectivity index (χ1n) is 8.36. The highest BCUT2D eigenvalue weighted by atomic mass is 32.1. The second-order valence-electron chi connectivity index (χ2n) is 5.79. The molecule has 0 aliphatic carbocycles. The molecule has 0 saturated carbocycles. The van der Waals surface area contributed by atoms with E-state index in [0.717, 1.165) is 16.9 Å². The van der Waals surface area contributed by atoms with E-state index in [-0.39, 0.29) is 5.91 Å². The number of hydrogen-bond donors (Lipinski definition) is 2. The number of rotatable bonds is 7. The van der Waals surface area contributed by atoms with Gasteiger partial charge in [0.1, 0.15) is 10.6 Å². The third-order valence-electron chi connectivity index (χ3n) is 3.67. The minimum absolute atomic E-state index is 0.232. The van der Waals surface area contributed by atoms with E-state index >= 15 is 0 Å². The molecule has 7 nitrogen and oxygen atoms in total. The second kappa shape index (κ2) is 9.18. The van der Waals surface area contributed by atoms with Gasteiger partial charge < -0.3 is 20.1 Å². The topological polar surface area (TPSA) is 93.7 Å². The third-order valence-corrected chi connectivity index (χ3v) is 5.03. The predicted octanol–water partition coefficient (Wildman–Crippen LogP) is 3.38. The zero-order valence-electron chi connectivity index (χ0n) is 15.7. The van der Waals surface area contributed by atoms with Crippen LogP contribution in [0.25, 0.3) is 0 Å². The fourth-order valence-electron chi connectivity index (χ4n) is 2.45. The second-order valence-corrected chi connectivity index (χ2v) is 6.93. The Morgan fingerprint density at radius 3 is 2.48 bits per heavy atom. The molecule has 1 heterocycles. The monoisotopic (exact) mass is 390 g/mol. The number of amides is 2. The number of hydrogen-bond acceptors (Lipinski definition) is 6. The zero-order chi connectivity index (χ0) is 20.0. The van der Waals surface area contributed by atoms with Gasteiger partial charge in [0, 0.05) is 17.5 Å². The molecule has 0 fully saturated rings. The van der Waals surface area contributed by atoms with Gasteiger partial charge in [-0.2, -0.15) is 0 Å². The zero-order valence-corrected chi connectivity index (χ0v) is 16.5. The molecule has 144 valence electrons. The van der Waals surface area contributed by atoms with Crippen molar-refractivity contribution >= 4 is 40.5 Å². The largest absolute Gasteiger partial charge is 0.495 e. The van der Waals surface area contributed by atoms with Gasteiger partial charge >= 0.3 is 5.97 Å². The van der Waals surface area contributed by atoms with E-state index in [9.17, 15) is 14.4 Å². The lowest BCUT2D eigenvalue weighted by Gasteiger charge is -2.12. The first-order chi connectivity index (χ1) is 12.8. The van der Waals surface area contributed by atoms with Gasteiger partial charge in [0.05, 0.1) is 12.8 Å². The van der Waals surface area contributed by atoms with Crippen LogP contribution in [-0.2, 0) is 20.7 Å². The standard InChI is InChI=1S/C19H22N2O5S/c1-5-16-11(2)8-17(27-16)19(24)26-10-18(23)21-14-9-13(20-12(3)22)6-7-15(14)25-4/h6-9H,5,10H2,1-4H3,(H,20,22)(H,21,23). The molecule has 0 unspecified atom stereocenters. The Morgan fingerprint density at radius 1 is 1.15 bits per heavy atom. The maximum absolute atomic E-state index is 12.2. The number of thiophene rings is 1. The summed E-state index contributed by atoms with van der Waals surface area (Å²) in [5, 5.41) is 5.25. The van der Waals surface area contributed by atoms with Crippen molar-refractivity contribution in [3.05, 3.63) is 39.6 Å². The van der Waals surface area contributed by atoms with E-state index in [1.54, 1.807) is 24.3 Å². The Morgan fingerprint density at radius 2 is 1.89 bits per heavy atom. The predicted molar refractivity (Wildman–Crippen MR) is 105 cm³/mol. The molecule has 1 aromatic carbocycles. The van der Waals surface area contributed by atoms with Crippen molar-refractivity contribution in [1.29, 1.82) is 0 Å². The summed E-state index contributed by atoms with van der Waals surface area (Å²) in [4.78, 5) is 37.0. The van der Waals surface area contributed by atoms with Gasteiger partial charge in [0.25, 0.3) is 5.91 Å². The summed E-state index contributed by atoms with van der Waals surface area (Å²) in [6, 6.07) is 6.60. The van der Waals surface area contributed by atoms with Crippen LogP contribution in [0.15, 0.2) is 24.3 Å². The molecule has 8 heteroatoms. The maximum Gasteiger partial charge on any atom is 0.348 e. The average molecular weight is 390 g/mol. The molecular weight excluding hydrogens is 368 g/mol. The highest BCUT2D eigenvalue weighted by Gasteiger charge is 2.16. The summed E-state index contributed by atoms with van der Waals surface area (Å²) in [7, 11) is 1.47. The normalized spacial score (nSPS) is 10.2. The van der Waals surface area contributed by atoms with Gasteiger partial charge in [-0.05, 0) is 43.2 Å². The molecule has 2 amide bonds. The summed E-state index contributed by atoms with van der Waals surface area (Å²) in [6.07, 6.45) is 0.842. The van der Waals surface area contributed by atoms with Crippen LogP contribution in [0.4, 0.5) is 11.4 Å². The third kappa shape index (κ3) is 5.55. The van der Waals surface area contributed by atoms with Gasteiger partial charge in [-0.15, -0.1) is 11.3 Å². The maximum atomic E-state index is 12.2. The Balaban J connectivity index is 2.00. The minimum atomic E-state index is -0.531. The average Bonchev–Trinajstić information content (AvgIpc) is 3.00. The fourth-order valence-corrected chi connectivity index (χ4v) is 3.45. The molecule has 0 aliphatic rings. The van der Waals surface area contributed by atoms with Crippen molar-refractivity contribution in [3.63, 3.8) is 0 Å². The molecule has 0 aliphatic heterocycles. The number of carbonyl (C=O) groups excluding carboxylic acids is 3. The van der Waals surface area contributed by atoms with Crippen LogP contribution in [-0.4, -0.2) is 31.5 Å². The Hall–Kier alpha value is -2.87. The molecule has 27 heavy (non-hydrogen) atoms. The van der Waals surface area contributed by atoms with Crippen LogP contribution in [0.5, 0.6) is 5.75 Å². The molecular formula is C19H22N2O5S. The lowest BCUT2D eigenvalue weighted by Crippen LogP contribution is -2.21. The van der Waals surface area contributed by atoms with Gasteiger partial charge in [0.2, 0.25) is 5.91 Å². The van der Waals surface area contributed by atoms with E-state index in [1.165, 1.54) is 25.4 Å². The first kappa shape index (κ1) is 20.4. The van der Waals surface area contributed by atoms with Crippen molar-refractivity contribution in [2.75, 3.05) is 24.4 Å². The van der Waals surface area contributed by atoms with Gasteiger partial charge in [-0.3, -0.25) is 9.59 Å². The lowest BCUT2D eigenvalue weighted by atomic mass is 10.2. The number of aryl methyl sites for hydroxylation is 2. The number of benzene rings is 1. The summed E-state index contributed by atoms with van der Waals surface area (Å²) in [5.41, 5.74) is 1.92. The lowest BCUT2D eigenvalue weighted by molar-refractivity contribution is -0.119. The number of nitrogens with one attached hydrogen (secondary N) is 2. The van der Waals surface area contributed by atoms with Crippen LogP contribution >= 0.6 is 11.3 Å². The summed E-state index contributed by atoms with van der Waals surface area (Å²) in [6.45, 7) is 4.92. The quantitative estimate of drug-likeness (QED) is 0.707. The van der Waals surface area contributed by atoms with E-state index < -0.39 is 18.5 Å². The molecule has 2 N–H and O–H groups in total. The number of carbonyl (C=O) groups is 3. The van der Waals surface area contributed by atoms with Crippen molar-refractivity contribution in [2.45, 2.75) is 27.2 Å². The molecule has 0 bridgehead atoms. The van der Waals surface area contributed by atoms with Gasteiger partial charge in [-0.1, -0.05) is 6.92 Å². The first-order valence-corrected chi connectivity index (χ1v) is 9.17.